The van der Waals surface area contributed by atoms with Crippen LogP contribution in [0.25, 0.3) is 0 Å². The molecule has 68 valence electrons. The zero-order valence-corrected chi connectivity index (χ0v) is 8.53. The highest BCUT2D eigenvalue weighted by atomic mass is 32.1. The first-order valence-electron chi connectivity index (χ1n) is 4.47. The molecule has 1 aromatic rings. The first-order chi connectivity index (χ1) is 5.74. The third-order valence-corrected chi connectivity index (χ3v) is 3.03. The van der Waals surface area contributed by atoms with Crippen molar-refractivity contribution in [2.45, 2.75) is 39.2 Å². The van der Waals surface area contributed by atoms with E-state index in [1.54, 1.807) is 11.3 Å². The molecule has 1 rings (SSSR count). The lowest BCUT2D eigenvalue weighted by Crippen LogP contribution is -2.01. The van der Waals surface area contributed by atoms with E-state index in [-0.39, 0.29) is 6.10 Å². The largest absolute Gasteiger partial charge is 0.393 e. The molecule has 0 amide bonds. The summed E-state index contributed by atoms with van der Waals surface area (Å²) in [6, 6.07) is 2.18. The van der Waals surface area contributed by atoms with Gasteiger partial charge in [0, 0.05) is 4.88 Å². The molecule has 0 aliphatic carbocycles. The summed E-state index contributed by atoms with van der Waals surface area (Å²) in [5.74, 6) is 0. The fourth-order valence-corrected chi connectivity index (χ4v) is 2.24. The highest BCUT2D eigenvalue weighted by Crippen LogP contribution is 2.19. The van der Waals surface area contributed by atoms with Gasteiger partial charge in [-0.2, -0.15) is 0 Å². The first-order valence-corrected chi connectivity index (χ1v) is 5.35. The Morgan fingerprint density at radius 3 is 2.92 bits per heavy atom. The average Bonchev–Trinajstić information content (AvgIpc) is 2.47. The Morgan fingerprint density at radius 1 is 1.58 bits per heavy atom. The summed E-state index contributed by atoms with van der Waals surface area (Å²) in [4.78, 5) is 1.44. The van der Waals surface area contributed by atoms with Gasteiger partial charge in [-0.05, 0) is 43.2 Å². The van der Waals surface area contributed by atoms with E-state index < -0.39 is 0 Å². The Bertz CT molecular complexity index is 227. The van der Waals surface area contributed by atoms with Crippen LogP contribution in [0.5, 0.6) is 0 Å². The lowest BCUT2D eigenvalue weighted by molar-refractivity contribution is 0.185. The van der Waals surface area contributed by atoms with E-state index in [2.05, 4.69) is 18.4 Å². The van der Waals surface area contributed by atoms with Crippen molar-refractivity contribution in [3.8, 4) is 0 Å². The topological polar surface area (TPSA) is 20.2 Å². The fraction of sp³-hybridized carbons (Fsp3) is 0.600. The van der Waals surface area contributed by atoms with Crippen molar-refractivity contribution in [1.29, 1.82) is 0 Å². The number of aliphatic hydroxyl groups excluding tert-OH is 1. The Hall–Kier alpha value is -0.340. The number of aryl methyl sites for hydroxylation is 2. The molecule has 0 aliphatic heterocycles. The van der Waals surface area contributed by atoms with Crippen LogP contribution in [0.15, 0.2) is 11.4 Å². The lowest BCUT2D eigenvalue weighted by atomic mass is 10.1. The van der Waals surface area contributed by atoms with E-state index in [0.29, 0.717) is 0 Å². The normalized spacial score (nSPS) is 13.2. The van der Waals surface area contributed by atoms with Gasteiger partial charge < -0.3 is 5.11 Å². The average molecular weight is 184 g/mol. The summed E-state index contributed by atoms with van der Waals surface area (Å²) < 4.78 is 0. The predicted octanol–water partition coefficient (Wildman–Crippen LogP) is 2.62. The molecule has 1 atom stereocenters. The molecular formula is C10H16OS. The van der Waals surface area contributed by atoms with Crippen molar-refractivity contribution in [1.82, 2.24) is 0 Å². The molecule has 12 heavy (non-hydrogen) atoms. The van der Waals surface area contributed by atoms with Crippen LogP contribution in [0.1, 0.15) is 30.7 Å². The lowest BCUT2D eigenvalue weighted by Gasteiger charge is -2.03. The molecule has 1 nitrogen and oxygen atoms in total. The van der Waals surface area contributed by atoms with Gasteiger partial charge in [0.15, 0.2) is 0 Å². The maximum atomic E-state index is 9.12. The summed E-state index contributed by atoms with van der Waals surface area (Å²) in [7, 11) is 0. The molecule has 0 bridgehead atoms. The van der Waals surface area contributed by atoms with Gasteiger partial charge in [-0.1, -0.05) is 6.92 Å². The first kappa shape index (κ1) is 9.75. The van der Waals surface area contributed by atoms with E-state index in [1.165, 1.54) is 10.4 Å². The molecule has 1 heterocycles. The van der Waals surface area contributed by atoms with Crippen LogP contribution in [0, 0.1) is 0 Å². The van der Waals surface area contributed by atoms with Gasteiger partial charge in [-0.3, -0.25) is 0 Å². The summed E-state index contributed by atoms with van der Waals surface area (Å²) in [6.45, 7) is 4.02. The van der Waals surface area contributed by atoms with Crippen molar-refractivity contribution in [3.05, 3.63) is 21.9 Å². The van der Waals surface area contributed by atoms with Crippen molar-refractivity contribution < 1.29 is 5.11 Å². The van der Waals surface area contributed by atoms with E-state index in [4.69, 9.17) is 5.11 Å². The third kappa shape index (κ3) is 2.61. The molecule has 0 aliphatic rings. The molecule has 0 saturated heterocycles. The van der Waals surface area contributed by atoms with Crippen LogP contribution in [-0.4, -0.2) is 11.2 Å². The van der Waals surface area contributed by atoms with Crippen molar-refractivity contribution >= 4 is 11.3 Å². The van der Waals surface area contributed by atoms with Gasteiger partial charge in [0.2, 0.25) is 0 Å². The molecule has 0 fully saturated rings. The van der Waals surface area contributed by atoms with Gasteiger partial charge in [0.25, 0.3) is 0 Å². The van der Waals surface area contributed by atoms with Gasteiger partial charge in [-0.15, -0.1) is 11.3 Å². The summed E-state index contributed by atoms with van der Waals surface area (Å²) in [5.41, 5.74) is 1.45. The Morgan fingerprint density at radius 2 is 2.33 bits per heavy atom. The quantitative estimate of drug-likeness (QED) is 0.762. The Kier molecular flexibility index (Phi) is 3.76. The Labute approximate surface area is 78.1 Å². The molecule has 1 N–H and O–H groups in total. The second kappa shape index (κ2) is 4.63. The summed E-state index contributed by atoms with van der Waals surface area (Å²) >= 11 is 1.80. The van der Waals surface area contributed by atoms with Gasteiger partial charge in [0.05, 0.1) is 6.10 Å². The fourth-order valence-electron chi connectivity index (χ4n) is 1.24. The smallest absolute Gasteiger partial charge is 0.0515 e. The minimum atomic E-state index is -0.170. The number of hydrogen-bond acceptors (Lipinski definition) is 2. The van der Waals surface area contributed by atoms with Crippen LogP contribution in [0.4, 0.5) is 0 Å². The standard InChI is InChI=1S/C10H16OS/c1-3-9-6-7-12-10(9)5-4-8(2)11/h6-8,11H,3-5H2,1-2H3/t8-/m0/s1. The van der Waals surface area contributed by atoms with E-state index in [0.717, 1.165) is 19.3 Å². The molecule has 2 heteroatoms. The highest BCUT2D eigenvalue weighted by Gasteiger charge is 2.03. The number of hydrogen-bond donors (Lipinski definition) is 1. The minimum Gasteiger partial charge on any atom is -0.393 e. The molecular weight excluding hydrogens is 168 g/mol. The number of aliphatic hydroxyl groups is 1. The van der Waals surface area contributed by atoms with Gasteiger partial charge in [-0.25, -0.2) is 0 Å². The SMILES string of the molecule is CCc1ccsc1CC[C@H](C)O. The van der Waals surface area contributed by atoms with Crippen molar-refractivity contribution in [3.63, 3.8) is 0 Å². The molecule has 0 aromatic carbocycles. The molecule has 1 aromatic heterocycles. The van der Waals surface area contributed by atoms with Crippen LogP contribution in [0.3, 0.4) is 0 Å². The van der Waals surface area contributed by atoms with E-state index in [9.17, 15) is 0 Å². The summed E-state index contributed by atoms with van der Waals surface area (Å²) in [5, 5.41) is 11.3. The van der Waals surface area contributed by atoms with Gasteiger partial charge >= 0.3 is 0 Å². The maximum Gasteiger partial charge on any atom is 0.0515 e. The highest BCUT2D eigenvalue weighted by molar-refractivity contribution is 7.10. The van der Waals surface area contributed by atoms with Crippen LogP contribution < -0.4 is 0 Å². The van der Waals surface area contributed by atoms with E-state index >= 15 is 0 Å². The second-order valence-corrected chi connectivity index (χ2v) is 4.11. The second-order valence-electron chi connectivity index (χ2n) is 3.11. The van der Waals surface area contributed by atoms with E-state index in [1.807, 2.05) is 6.92 Å². The zero-order chi connectivity index (χ0) is 8.97. The van der Waals surface area contributed by atoms with Gasteiger partial charge in [0.1, 0.15) is 0 Å². The van der Waals surface area contributed by atoms with Crippen LogP contribution in [-0.2, 0) is 12.8 Å². The summed E-state index contributed by atoms with van der Waals surface area (Å²) in [6.07, 6.45) is 2.85. The van der Waals surface area contributed by atoms with Crippen molar-refractivity contribution in [2.24, 2.45) is 0 Å². The Balaban J connectivity index is 2.50. The number of rotatable bonds is 4. The number of thiophene rings is 1. The molecule has 0 saturated carbocycles. The van der Waals surface area contributed by atoms with Crippen molar-refractivity contribution in [2.75, 3.05) is 0 Å². The third-order valence-electron chi connectivity index (χ3n) is 2.01. The molecule has 0 radical (unpaired) electrons. The maximum absolute atomic E-state index is 9.12. The van der Waals surface area contributed by atoms with Crippen LogP contribution >= 0.6 is 11.3 Å². The monoisotopic (exact) mass is 184 g/mol. The zero-order valence-electron chi connectivity index (χ0n) is 7.71. The van der Waals surface area contributed by atoms with Crippen LogP contribution in [0.2, 0.25) is 0 Å². The minimum absolute atomic E-state index is 0.170. The predicted molar refractivity (Wildman–Crippen MR) is 53.7 cm³/mol. The molecule has 0 spiro atoms. The molecule has 0 unspecified atom stereocenters.